The average Bonchev–Trinajstić information content (AvgIpc) is 2.30. The second kappa shape index (κ2) is 5.15. The quantitative estimate of drug-likeness (QED) is 0.546. The Morgan fingerprint density at radius 2 is 1.64 bits per heavy atom. The second-order valence-electron chi connectivity index (χ2n) is 4.21. The van der Waals surface area contributed by atoms with Gasteiger partial charge in [0.15, 0.2) is 0 Å². The predicted octanol–water partition coefficient (Wildman–Crippen LogP) is 4.74. The summed E-state index contributed by atoms with van der Waals surface area (Å²) in [6.45, 7) is 0. The van der Waals surface area contributed by atoms with E-state index in [9.17, 15) is 0 Å². The van der Waals surface area contributed by atoms with Gasteiger partial charge in [0, 0.05) is 3.92 Å². The van der Waals surface area contributed by atoms with Crippen LogP contribution in [0.3, 0.4) is 0 Å². The van der Waals surface area contributed by atoms with E-state index in [-0.39, 0.29) is 0 Å². The van der Waals surface area contributed by atoms with Crippen molar-refractivity contribution in [2.45, 2.75) is 36.0 Å². The van der Waals surface area contributed by atoms with Crippen LogP contribution in [0.25, 0.3) is 0 Å². The lowest BCUT2D eigenvalue weighted by Crippen LogP contribution is -2.11. The Kier molecular flexibility index (Phi) is 3.85. The lowest BCUT2D eigenvalue weighted by atomic mass is 9.85. The zero-order valence-corrected chi connectivity index (χ0v) is 10.6. The first kappa shape index (κ1) is 10.5. The van der Waals surface area contributed by atoms with Crippen molar-refractivity contribution >= 4 is 22.6 Å². The summed E-state index contributed by atoms with van der Waals surface area (Å²) in [5.41, 5.74) is 1.51. The molecule has 1 unspecified atom stereocenters. The standard InChI is InChI=1S/C13H17I/c14-13(11-7-3-1-4-8-11)12-9-5-2-6-10-12/h1,3-4,7-8,12-13H,2,5-6,9-10H2. The van der Waals surface area contributed by atoms with E-state index >= 15 is 0 Å². The molecule has 0 aliphatic heterocycles. The molecule has 0 nitrogen and oxygen atoms in total. The van der Waals surface area contributed by atoms with Crippen molar-refractivity contribution in [3.63, 3.8) is 0 Å². The molecule has 0 radical (unpaired) electrons. The second-order valence-corrected chi connectivity index (χ2v) is 5.55. The maximum absolute atomic E-state index is 2.63. The summed E-state index contributed by atoms with van der Waals surface area (Å²) in [6.07, 6.45) is 7.20. The van der Waals surface area contributed by atoms with Crippen molar-refractivity contribution in [3.05, 3.63) is 35.9 Å². The minimum atomic E-state index is 0.731. The monoisotopic (exact) mass is 300 g/mol. The van der Waals surface area contributed by atoms with Gasteiger partial charge in [-0.05, 0) is 24.3 Å². The summed E-state index contributed by atoms with van der Waals surface area (Å²) in [7, 11) is 0. The summed E-state index contributed by atoms with van der Waals surface area (Å²) in [6, 6.07) is 11.0. The third kappa shape index (κ3) is 2.50. The largest absolute Gasteiger partial charge is 0.0771 e. The molecule has 0 amide bonds. The minimum Gasteiger partial charge on any atom is -0.0771 e. The predicted molar refractivity (Wildman–Crippen MR) is 69.8 cm³/mol. The molecular weight excluding hydrogens is 283 g/mol. The molecule has 1 saturated carbocycles. The Hall–Kier alpha value is -0.0500. The Morgan fingerprint density at radius 1 is 1.00 bits per heavy atom. The molecule has 0 saturated heterocycles. The molecule has 1 heteroatoms. The first-order valence-electron chi connectivity index (χ1n) is 5.57. The van der Waals surface area contributed by atoms with Crippen molar-refractivity contribution < 1.29 is 0 Å². The highest BCUT2D eigenvalue weighted by molar-refractivity contribution is 14.1. The van der Waals surface area contributed by atoms with Gasteiger partial charge in [-0.1, -0.05) is 72.2 Å². The van der Waals surface area contributed by atoms with Crippen LogP contribution in [0.4, 0.5) is 0 Å². The first-order valence-corrected chi connectivity index (χ1v) is 6.81. The van der Waals surface area contributed by atoms with E-state index in [0.29, 0.717) is 0 Å². The molecule has 1 aliphatic rings. The van der Waals surface area contributed by atoms with E-state index in [0.717, 1.165) is 9.84 Å². The fraction of sp³-hybridized carbons (Fsp3) is 0.538. The van der Waals surface area contributed by atoms with Gasteiger partial charge in [0.05, 0.1) is 0 Å². The highest BCUT2D eigenvalue weighted by atomic mass is 127. The van der Waals surface area contributed by atoms with E-state index in [1.807, 2.05) is 0 Å². The Morgan fingerprint density at radius 3 is 2.29 bits per heavy atom. The number of hydrogen-bond donors (Lipinski definition) is 0. The molecule has 1 aromatic rings. The molecule has 1 aromatic carbocycles. The molecule has 0 spiro atoms. The van der Waals surface area contributed by atoms with Crippen LogP contribution in [0.2, 0.25) is 0 Å². The minimum absolute atomic E-state index is 0.731. The molecule has 1 atom stereocenters. The zero-order chi connectivity index (χ0) is 9.80. The van der Waals surface area contributed by atoms with Crippen LogP contribution in [0.5, 0.6) is 0 Å². The summed E-state index contributed by atoms with van der Waals surface area (Å²) in [4.78, 5) is 0. The summed E-state index contributed by atoms with van der Waals surface area (Å²) < 4.78 is 0.731. The van der Waals surface area contributed by atoms with E-state index in [1.165, 1.54) is 37.7 Å². The van der Waals surface area contributed by atoms with Gasteiger partial charge in [0.1, 0.15) is 0 Å². The molecule has 14 heavy (non-hydrogen) atoms. The third-order valence-electron chi connectivity index (χ3n) is 3.18. The van der Waals surface area contributed by atoms with Crippen molar-refractivity contribution in [3.8, 4) is 0 Å². The third-order valence-corrected chi connectivity index (χ3v) is 4.92. The molecule has 0 heterocycles. The topological polar surface area (TPSA) is 0 Å². The van der Waals surface area contributed by atoms with Crippen LogP contribution in [0.1, 0.15) is 41.6 Å². The highest BCUT2D eigenvalue weighted by Crippen LogP contribution is 2.40. The molecule has 1 aliphatic carbocycles. The Labute approximate surface area is 100 Å². The molecule has 76 valence electrons. The number of hydrogen-bond acceptors (Lipinski definition) is 0. The average molecular weight is 300 g/mol. The van der Waals surface area contributed by atoms with Crippen molar-refractivity contribution in [2.75, 3.05) is 0 Å². The molecule has 1 fully saturated rings. The molecule has 0 N–H and O–H groups in total. The van der Waals surface area contributed by atoms with Gasteiger partial charge in [-0.15, -0.1) is 0 Å². The van der Waals surface area contributed by atoms with Crippen molar-refractivity contribution in [1.29, 1.82) is 0 Å². The van der Waals surface area contributed by atoms with E-state index < -0.39 is 0 Å². The molecule has 0 aromatic heterocycles. The van der Waals surface area contributed by atoms with Gasteiger partial charge < -0.3 is 0 Å². The van der Waals surface area contributed by atoms with Gasteiger partial charge in [-0.25, -0.2) is 0 Å². The molecule has 0 bridgehead atoms. The number of alkyl halides is 1. The smallest absolute Gasteiger partial charge is 0.0387 e. The van der Waals surface area contributed by atoms with Crippen LogP contribution in [0, 0.1) is 5.92 Å². The summed E-state index contributed by atoms with van der Waals surface area (Å²) >= 11 is 2.63. The van der Waals surface area contributed by atoms with Gasteiger partial charge >= 0.3 is 0 Å². The van der Waals surface area contributed by atoms with Gasteiger partial charge in [0.25, 0.3) is 0 Å². The van der Waals surface area contributed by atoms with Crippen LogP contribution < -0.4 is 0 Å². The number of benzene rings is 1. The van der Waals surface area contributed by atoms with E-state index in [2.05, 4.69) is 52.9 Å². The normalized spacial score (nSPS) is 20.6. The molecular formula is C13H17I. The highest BCUT2D eigenvalue weighted by Gasteiger charge is 2.22. The summed E-state index contributed by atoms with van der Waals surface area (Å²) in [5.74, 6) is 0.923. The fourth-order valence-electron chi connectivity index (χ4n) is 2.34. The van der Waals surface area contributed by atoms with Crippen LogP contribution in [-0.4, -0.2) is 0 Å². The zero-order valence-electron chi connectivity index (χ0n) is 8.45. The van der Waals surface area contributed by atoms with Crippen LogP contribution in [-0.2, 0) is 0 Å². The fourth-order valence-corrected chi connectivity index (χ4v) is 3.47. The first-order chi connectivity index (χ1) is 6.88. The Bertz CT molecular complexity index is 262. The van der Waals surface area contributed by atoms with E-state index in [4.69, 9.17) is 0 Å². The van der Waals surface area contributed by atoms with Crippen LogP contribution >= 0.6 is 22.6 Å². The van der Waals surface area contributed by atoms with E-state index in [1.54, 1.807) is 0 Å². The maximum atomic E-state index is 2.63. The SMILES string of the molecule is IC(c1ccccc1)C1CCCCC1. The van der Waals surface area contributed by atoms with Gasteiger partial charge in [0.2, 0.25) is 0 Å². The summed E-state index contributed by atoms with van der Waals surface area (Å²) in [5, 5.41) is 0. The molecule has 2 rings (SSSR count). The lowest BCUT2D eigenvalue weighted by Gasteiger charge is -2.26. The lowest BCUT2D eigenvalue weighted by molar-refractivity contribution is 0.358. The van der Waals surface area contributed by atoms with Crippen molar-refractivity contribution in [1.82, 2.24) is 0 Å². The number of rotatable bonds is 2. The van der Waals surface area contributed by atoms with Crippen molar-refractivity contribution in [2.24, 2.45) is 5.92 Å². The Balaban J connectivity index is 2.03. The van der Waals surface area contributed by atoms with Gasteiger partial charge in [-0.3, -0.25) is 0 Å². The maximum Gasteiger partial charge on any atom is 0.0387 e. The number of halogens is 1. The van der Waals surface area contributed by atoms with Crippen LogP contribution in [0.15, 0.2) is 30.3 Å². The van der Waals surface area contributed by atoms with Gasteiger partial charge in [-0.2, -0.15) is 0 Å².